The van der Waals surface area contributed by atoms with E-state index < -0.39 is 17.8 Å². The van der Waals surface area contributed by atoms with Crippen LogP contribution in [0.5, 0.6) is 5.88 Å². The summed E-state index contributed by atoms with van der Waals surface area (Å²) in [4.78, 5) is 27.9. The third-order valence-electron chi connectivity index (χ3n) is 4.49. The third-order valence-corrected chi connectivity index (χ3v) is 5.01. The van der Waals surface area contributed by atoms with Gasteiger partial charge in [0.2, 0.25) is 11.6 Å². The van der Waals surface area contributed by atoms with Crippen LogP contribution in [-0.2, 0) is 6.54 Å². The number of amides is 3. The molecule has 2 aromatic heterocycles. The van der Waals surface area contributed by atoms with Crippen LogP contribution in [0.2, 0.25) is 10.0 Å². The zero-order valence-corrected chi connectivity index (χ0v) is 20.2. The summed E-state index contributed by atoms with van der Waals surface area (Å²) in [5.74, 6) is -1.63. The number of pyridine rings is 1. The van der Waals surface area contributed by atoms with Crippen molar-refractivity contribution in [2.24, 2.45) is 10.2 Å². The first kappa shape index (κ1) is 26.5. The Bertz CT molecular complexity index is 1330. The van der Waals surface area contributed by atoms with E-state index in [9.17, 15) is 14.0 Å². The number of hydrazine groups is 1. The number of nitrogens with two attached hydrogens (primary N) is 1. The molecule has 36 heavy (non-hydrogen) atoms. The molecule has 16 heteroatoms. The minimum atomic E-state index is -0.835. The predicted octanol–water partition coefficient (Wildman–Crippen LogP) is 2.22. The number of quaternary nitrogens is 1. The Morgan fingerprint density at radius 3 is 2.67 bits per heavy atom. The average Bonchev–Trinajstić information content (AvgIpc) is 3.34. The summed E-state index contributed by atoms with van der Waals surface area (Å²) in [5.41, 5.74) is 13.9. The number of benzene rings is 1. The maximum atomic E-state index is 14.8. The van der Waals surface area contributed by atoms with Gasteiger partial charge in [-0.3, -0.25) is 15.2 Å². The fraction of sp³-hybridized carbons (Fsp3) is 0.150. The summed E-state index contributed by atoms with van der Waals surface area (Å²) in [7, 11) is 2.99. The Balaban J connectivity index is 1.70. The van der Waals surface area contributed by atoms with Gasteiger partial charge in [-0.05, 0) is 28.9 Å². The summed E-state index contributed by atoms with van der Waals surface area (Å²) in [6.07, 6.45) is 1.35. The number of carbonyl (C=O) groups is 2. The van der Waals surface area contributed by atoms with E-state index in [1.807, 2.05) is 0 Å². The van der Waals surface area contributed by atoms with Gasteiger partial charge in [-0.15, -0.1) is 5.11 Å². The van der Waals surface area contributed by atoms with Crippen molar-refractivity contribution in [3.8, 4) is 17.0 Å². The summed E-state index contributed by atoms with van der Waals surface area (Å²) in [6.45, 7) is -0.299. The van der Waals surface area contributed by atoms with Crippen LogP contribution < -0.4 is 26.3 Å². The lowest BCUT2D eigenvalue weighted by Gasteiger charge is -2.12. The molecule has 0 spiro atoms. The quantitative estimate of drug-likeness (QED) is 0.101. The standard InChI is InChI=1S/C20H18Cl2FN9O4/c1-25-29-18(28-24)17-11(4-10(21)5-12(17)22)9-3-13(23)14(26-7-9)8-27-20(34)31-30-19(33)15-6-16(35-2)32-36-15/h3-7,24-25H,8H2,1-2H3,(H,30,33)(H2,27,31,34)/p+1/b28-24?,29-18-. The molecule has 0 unspecified atom stereocenters. The summed E-state index contributed by atoms with van der Waals surface area (Å²) < 4.78 is 24.4. The van der Waals surface area contributed by atoms with Crippen molar-refractivity contribution in [2.45, 2.75) is 6.54 Å². The second kappa shape index (κ2) is 12.0. The highest BCUT2D eigenvalue weighted by atomic mass is 35.5. The molecule has 2 heterocycles. The first-order valence-electron chi connectivity index (χ1n) is 9.99. The van der Waals surface area contributed by atoms with Gasteiger partial charge < -0.3 is 14.6 Å². The largest absolute Gasteiger partial charge is 0.479 e. The van der Waals surface area contributed by atoms with Crippen LogP contribution in [0.1, 0.15) is 21.8 Å². The monoisotopic (exact) mass is 538 g/mol. The van der Waals surface area contributed by atoms with Crippen LogP contribution in [0.25, 0.3) is 11.1 Å². The van der Waals surface area contributed by atoms with E-state index in [1.54, 1.807) is 7.05 Å². The fourth-order valence-electron chi connectivity index (χ4n) is 2.89. The molecule has 6 N–H and O–H groups in total. The first-order chi connectivity index (χ1) is 17.3. The van der Waals surface area contributed by atoms with Crippen molar-refractivity contribution in [1.29, 1.82) is 5.53 Å². The molecule has 0 atom stereocenters. The fourth-order valence-corrected chi connectivity index (χ4v) is 3.47. The van der Waals surface area contributed by atoms with E-state index >= 15 is 0 Å². The van der Waals surface area contributed by atoms with Gasteiger partial charge in [-0.1, -0.05) is 28.3 Å². The Morgan fingerprint density at radius 2 is 2.03 bits per heavy atom. The lowest BCUT2D eigenvalue weighted by atomic mass is 9.99. The lowest BCUT2D eigenvalue weighted by Crippen LogP contribution is -2.73. The molecule has 0 radical (unpaired) electrons. The van der Waals surface area contributed by atoms with E-state index in [-0.39, 0.29) is 45.3 Å². The normalized spacial score (nSPS) is 11.1. The molecule has 0 bridgehead atoms. The van der Waals surface area contributed by atoms with E-state index in [2.05, 4.69) is 36.5 Å². The Hall–Kier alpha value is -4.14. The number of aromatic nitrogens is 2. The molecule has 13 nitrogen and oxygen atoms in total. The molecule has 0 fully saturated rings. The highest BCUT2D eigenvalue weighted by molar-refractivity contribution is 6.38. The van der Waals surface area contributed by atoms with Gasteiger partial charge in [0.15, 0.2) is 0 Å². The maximum absolute atomic E-state index is 14.8. The minimum Gasteiger partial charge on any atom is -0.479 e. The van der Waals surface area contributed by atoms with E-state index in [0.717, 1.165) is 0 Å². The van der Waals surface area contributed by atoms with Crippen LogP contribution in [0.3, 0.4) is 0 Å². The highest BCUT2D eigenvalue weighted by Crippen LogP contribution is 2.34. The summed E-state index contributed by atoms with van der Waals surface area (Å²) in [6, 6.07) is 4.54. The van der Waals surface area contributed by atoms with Crippen LogP contribution >= 0.6 is 23.2 Å². The maximum Gasteiger partial charge on any atom is 0.333 e. The Labute approximate surface area is 212 Å². The molecule has 0 aliphatic heterocycles. The number of methoxy groups -OCH3 is 1. The molecule has 0 saturated carbocycles. The Kier molecular flexibility index (Phi) is 8.83. The number of urea groups is 1. The van der Waals surface area contributed by atoms with Gasteiger partial charge in [0.05, 0.1) is 43.0 Å². The topological polar surface area (TPSA) is 184 Å². The number of nitrogens with one attached hydrogen (secondary N) is 4. The SMILES string of the molecule is C[NH2+]/N=C(\N=N)c1c(Cl)cc(Cl)cc1-c1cnc(CNC(=O)NNC(=O)c2cc(OC)no2)c(F)c1. The number of nitrogens with zero attached hydrogens (tertiary/aromatic N) is 4. The molecule has 3 rings (SSSR count). The van der Waals surface area contributed by atoms with E-state index in [0.29, 0.717) is 11.1 Å². The minimum absolute atomic E-state index is 0.00260. The zero-order chi connectivity index (χ0) is 26.2. The highest BCUT2D eigenvalue weighted by Gasteiger charge is 2.20. The van der Waals surface area contributed by atoms with Crippen LogP contribution in [0.4, 0.5) is 9.18 Å². The van der Waals surface area contributed by atoms with Gasteiger partial charge in [-0.2, -0.15) is 0 Å². The van der Waals surface area contributed by atoms with Crippen molar-refractivity contribution in [1.82, 2.24) is 26.3 Å². The van der Waals surface area contributed by atoms with Crippen molar-refractivity contribution in [2.75, 3.05) is 14.2 Å². The summed E-state index contributed by atoms with van der Waals surface area (Å²) in [5, 5.41) is 13.7. The smallest absolute Gasteiger partial charge is 0.333 e. The molecular weight excluding hydrogens is 520 g/mol. The van der Waals surface area contributed by atoms with E-state index in [4.69, 9.17) is 38.0 Å². The van der Waals surface area contributed by atoms with Crippen molar-refractivity contribution in [3.05, 3.63) is 63.3 Å². The lowest BCUT2D eigenvalue weighted by molar-refractivity contribution is -0.633. The number of ether oxygens (including phenoxy) is 1. The van der Waals surface area contributed by atoms with Gasteiger partial charge in [0.1, 0.15) is 5.82 Å². The third kappa shape index (κ3) is 6.29. The van der Waals surface area contributed by atoms with Crippen LogP contribution in [0.15, 0.2) is 45.2 Å². The first-order valence-corrected chi connectivity index (χ1v) is 10.7. The molecule has 0 aliphatic rings. The zero-order valence-electron chi connectivity index (χ0n) is 18.7. The van der Waals surface area contributed by atoms with Crippen molar-refractivity contribution >= 4 is 41.0 Å². The number of carbonyl (C=O) groups excluding carboxylic acids is 2. The number of hydrogen-bond acceptors (Lipinski definition) is 8. The average molecular weight is 539 g/mol. The second-order valence-electron chi connectivity index (χ2n) is 6.78. The van der Waals surface area contributed by atoms with E-state index in [1.165, 1.54) is 43.0 Å². The predicted molar refractivity (Wildman–Crippen MR) is 125 cm³/mol. The molecule has 0 aliphatic carbocycles. The number of hydrogen-bond donors (Lipinski definition) is 5. The van der Waals surface area contributed by atoms with Gasteiger partial charge in [0, 0.05) is 16.8 Å². The number of rotatable bonds is 7. The van der Waals surface area contributed by atoms with Gasteiger partial charge >= 0.3 is 11.9 Å². The number of halogens is 3. The number of amidine groups is 1. The molecule has 3 aromatic rings. The molecular formula is C20H19Cl2FN9O4+. The molecule has 188 valence electrons. The van der Waals surface area contributed by atoms with Crippen LogP contribution in [0, 0.1) is 11.3 Å². The van der Waals surface area contributed by atoms with Crippen molar-refractivity contribution < 1.29 is 28.7 Å². The Morgan fingerprint density at radius 1 is 1.25 bits per heavy atom. The molecule has 1 aromatic carbocycles. The summed E-state index contributed by atoms with van der Waals surface area (Å²) >= 11 is 12.4. The second-order valence-corrected chi connectivity index (χ2v) is 7.62. The van der Waals surface area contributed by atoms with Crippen LogP contribution in [-0.4, -0.2) is 42.1 Å². The molecule has 0 saturated heterocycles. The van der Waals surface area contributed by atoms with Gasteiger partial charge in [0.25, 0.3) is 5.88 Å². The van der Waals surface area contributed by atoms with Crippen molar-refractivity contribution in [3.63, 3.8) is 0 Å². The van der Waals surface area contributed by atoms with Gasteiger partial charge in [-0.25, -0.2) is 25.6 Å². The molecule has 3 amide bonds.